The van der Waals surface area contributed by atoms with Gasteiger partial charge in [0.05, 0.1) is 24.1 Å². The summed E-state index contributed by atoms with van der Waals surface area (Å²) in [6.07, 6.45) is 3.73. The number of hydrogen-bond acceptors (Lipinski definition) is 6. The second kappa shape index (κ2) is 7.93. The molecule has 2 atom stereocenters. The first kappa shape index (κ1) is 19.8. The topological polar surface area (TPSA) is 96.4 Å². The third kappa shape index (κ3) is 4.47. The average Bonchev–Trinajstić information content (AvgIpc) is 2.64. The summed E-state index contributed by atoms with van der Waals surface area (Å²) in [5, 5.41) is 10.2. The fourth-order valence-corrected chi connectivity index (χ4v) is 4.39. The lowest BCUT2D eigenvalue weighted by molar-refractivity contribution is -0.133. The van der Waals surface area contributed by atoms with Crippen LogP contribution in [0.4, 0.5) is 5.69 Å². The fourth-order valence-electron chi connectivity index (χ4n) is 3.55. The molecule has 1 aromatic carbocycles. The average molecular weight is 398 g/mol. The van der Waals surface area contributed by atoms with Gasteiger partial charge in [-0.25, -0.2) is 8.42 Å². The molecule has 2 aliphatic rings. The zero-order valence-corrected chi connectivity index (χ0v) is 16.4. The second-order valence-corrected chi connectivity index (χ2v) is 8.93. The number of hydrogen-bond donors (Lipinski definition) is 1. The van der Waals surface area contributed by atoms with Crippen LogP contribution in [0.25, 0.3) is 0 Å². The Morgan fingerprint density at radius 2 is 1.85 bits per heavy atom. The van der Waals surface area contributed by atoms with Crippen LogP contribution >= 0.6 is 0 Å². The Morgan fingerprint density at radius 1 is 1.19 bits per heavy atom. The number of rotatable bonds is 5. The van der Waals surface area contributed by atoms with E-state index >= 15 is 0 Å². The Balaban J connectivity index is 1.80. The molecule has 0 radical (unpaired) electrons. The molecule has 1 saturated carbocycles. The summed E-state index contributed by atoms with van der Waals surface area (Å²) in [5.74, 6) is 0.643. The summed E-state index contributed by atoms with van der Waals surface area (Å²) in [4.78, 5) is 14.2. The molecule has 3 rings (SSSR count). The van der Waals surface area contributed by atoms with Gasteiger partial charge in [0, 0.05) is 13.1 Å². The Morgan fingerprint density at radius 3 is 2.52 bits per heavy atom. The summed E-state index contributed by atoms with van der Waals surface area (Å²) in [7, 11) is -2.07. The quantitative estimate of drug-likeness (QED) is 0.794. The van der Waals surface area contributed by atoms with Gasteiger partial charge >= 0.3 is 0 Å². The van der Waals surface area contributed by atoms with Crippen LogP contribution in [0.3, 0.4) is 0 Å². The number of aliphatic hydroxyl groups is 1. The van der Waals surface area contributed by atoms with Gasteiger partial charge in [0.2, 0.25) is 15.9 Å². The number of likely N-dealkylation sites (N-methyl/N-ethyl adjacent to an activating group) is 1. The lowest BCUT2D eigenvalue weighted by Gasteiger charge is -2.36. The Bertz CT molecular complexity index is 797. The van der Waals surface area contributed by atoms with Crippen molar-refractivity contribution in [3.8, 4) is 11.5 Å². The third-order valence-corrected chi connectivity index (χ3v) is 6.22. The van der Waals surface area contributed by atoms with E-state index in [4.69, 9.17) is 9.47 Å². The zero-order valence-electron chi connectivity index (χ0n) is 15.6. The first-order chi connectivity index (χ1) is 12.8. The highest BCUT2D eigenvalue weighted by Crippen LogP contribution is 2.34. The SMILES string of the molecule is CN(C(=O)CN(c1ccc2c(c1)OCCO2)S(C)(=O)=O)C1CCCCC1O. The smallest absolute Gasteiger partial charge is 0.243 e. The summed E-state index contributed by atoms with van der Waals surface area (Å²) >= 11 is 0. The predicted octanol–water partition coefficient (Wildman–Crippen LogP) is 0.986. The van der Waals surface area contributed by atoms with Gasteiger partial charge in [-0.2, -0.15) is 0 Å². The maximum absolute atomic E-state index is 12.8. The van der Waals surface area contributed by atoms with E-state index in [0.29, 0.717) is 43.2 Å². The lowest BCUT2D eigenvalue weighted by Crippen LogP contribution is -2.50. The van der Waals surface area contributed by atoms with E-state index in [-0.39, 0.29) is 18.5 Å². The molecule has 1 aromatic rings. The van der Waals surface area contributed by atoms with Gasteiger partial charge in [-0.15, -0.1) is 0 Å². The monoisotopic (exact) mass is 398 g/mol. The van der Waals surface area contributed by atoms with Crippen molar-refractivity contribution in [3.05, 3.63) is 18.2 Å². The minimum Gasteiger partial charge on any atom is -0.486 e. The molecule has 0 aromatic heterocycles. The third-order valence-electron chi connectivity index (χ3n) is 5.08. The van der Waals surface area contributed by atoms with Crippen LogP contribution in [-0.2, 0) is 14.8 Å². The van der Waals surface area contributed by atoms with Crippen LogP contribution in [0, 0.1) is 0 Å². The molecule has 27 heavy (non-hydrogen) atoms. The molecule has 1 aliphatic carbocycles. The highest BCUT2D eigenvalue weighted by Gasteiger charge is 2.31. The summed E-state index contributed by atoms with van der Waals surface area (Å²) < 4.78 is 36.7. The van der Waals surface area contributed by atoms with Crippen molar-refractivity contribution in [2.24, 2.45) is 0 Å². The molecule has 1 fully saturated rings. The van der Waals surface area contributed by atoms with Crippen LogP contribution in [-0.4, -0.2) is 69.5 Å². The molecule has 1 aliphatic heterocycles. The number of anilines is 1. The van der Waals surface area contributed by atoms with Gasteiger partial charge in [0.1, 0.15) is 19.8 Å². The highest BCUT2D eigenvalue weighted by molar-refractivity contribution is 7.92. The van der Waals surface area contributed by atoms with Crippen LogP contribution in [0.5, 0.6) is 11.5 Å². The predicted molar refractivity (Wildman–Crippen MR) is 101 cm³/mol. The number of carbonyl (C=O) groups excluding carboxylic acids is 1. The number of benzene rings is 1. The van der Waals surface area contributed by atoms with Crippen molar-refractivity contribution >= 4 is 21.6 Å². The molecule has 0 saturated heterocycles. The van der Waals surface area contributed by atoms with Crippen LogP contribution in [0.2, 0.25) is 0 Å². The van der Waals surface area contributed by atoms with Crippen molar-refractivity contribution < 1.29 is 27.8 Å². The second-order valence-electron chi connectivity index (χ2n) is 7.02. The van der Waals surface area contributed by atoms with Crippen molar-refractivity contribution in [1.82, 2.24) is 4.90 Å². The maximum atomic E-state index is 12.8. The van der Waals surface area contributed by atoms with Gasteiger partial charge in [0.25, 0.3) is 0 Å². The molecule has 1 N–H and O–H groups in total. The number of fused-ring (bicyclic) bond motifs is 1. The van der Waals surface area contributed by atoms with Crippen molar-refractivity contribution in [2.45, 2.75) is 37.8 Å². The van der Waals surface area contributed by atoms with Crippen LogP contribution in [0.15, 0.2) is 18.2 Å². The van der Waals surface area contributed by atoms with E-state index in [9.17, 15) is 18.3 Å². The minimum absolute atomic E-state index is 0.284. The largest absolute Gasteiger partial charge is 0.486 e. The van der Waals surface area contributed by atoms with Gasteiger partial charge < -0.3 is 19.5 Å². The molecule has 150 valence electrons. The first-order valence-electron chi connectivity index (χ1n) is 9.08. The van der Waals surface area contributed by atoms with E-state index in [2.05, 4.69) is 0 Å². The molecule has 0 bridgehead atoms. The summed E-state index contributed by atoms with van der Waals surface area (Å²) in [6, 6.07) is 4.52. The minimum atomic E-state index is -3.69. The molecule has 9 heteroatoms. The van der Waals surface area contributed by atoms with E-state index in [1.165, 1.54) is 4.90 Å². The van der Waals surface area contributed by atoms with E-state index in [1.54, 1.807) is 25.2 Å². The van der Waals surface area contributed by atoms with Crippen molar-refractivity contribution in [1.29, 1.82) is 0 Å². The van der Waals surface area contributed by atoms with Gasteiger partial charge in [0.15, 0.2) is 11.5 Å². The molecular formula is C18H26N2O6S. The fraction of sp³-hybridized carbons (Fsp3) is 0.611. The van der Waals surface area contributed by atoms with Crippen LogP contribution in [0.1, 0.15) is 25.7 Å². The summed E-state index contributed by atoms with van der Waals surface area (Å²) in [6.45, 7) is 0.490. The number of carbonyl (C=O) groups is 1. The highest BCUT2D eigenvalue weighted by atomic mass is 32.2. The van der Waals surface area contributed by atoms with E-state index < -0.39 is 16.1 Å². The van der Waals surface area contributed by atoms with Gasteiger partial charge in [-0.1, -0.05) is 12.8 Å². The Labute approximate surface area is 159 Å². The zero-order chi connectivity index (χ0) is 19.6. The number of nitrogens with zero attached hydrogens (tertiary/aromatic N) is 2. The van der Waals surface area contributed by atoms with Crippen molar-refractivity contribution in [3.63, 3.8) is 0 Å². The molecule has 1 heterocycles. The molecule has 1 amide bonds. The maximum Gasteiger partial charge on any atom is 0.243 e. The van der Waals surface area contributed by atoms with Crippen molar-refractivity contribution in [2.75, 3.05) is 37.4 Å². The van der Waals surface area contributed by atoms with E-state index in [0.717, 1.165) is 23.4 Å². The molecule has 2 unspecified atom stereocenters. The van der Waals surface area contributed by atoms with Gasteiger partial charge in [-0.3, -0.25) is 9.10 Å². The molecular weight excluding hydrogens is 372 g/mol. The Hall–Kier alpha value is -2.00. The number of sulfonamides is 1. The molecule has 0 spiro atoms. The van der Waals surface area contributed by atoms with Crippen LogP contribution < -0.4 is 13.8 Å². The number of aliphatic hydroxyl groups excluding tert-OH is 1. The normalized spacial score (nSPS) is 22.2. The number of amides is 1. The standard InChI is InChI=1S/C18H26N2O6S/c1-19(14-5-3-4-6-15(14)21)18(22)12-20(27(2,23)24)13-7-8-16-17(11-13)26-10-9-25-16/h7-8,11,14-15,21H,3-6,9-10,12H2,1-2H3. The molecule has 8 nitrogen and oxygen atoms in total. The van der Waals surface area contributed by atoms with Gasteiger partial charge in [-0.05, 0) is 25.0 Å². The Kier molecular flexibility index (Phi) is 5.81. The first-order valence-corrected chi connectivity index (χ1v) is 10.9. The number of ether oxygens (including phenoxy) is 2. The lowest BCUT2D eigenvalue weighted by atomic mass is 9.91. The summed E-state index contributed by atoms with van der Waals surface area (Å²) in [5.41, 5.74) is 0.340. The van der Waals surface area contributed by atoms with E-state index in [1.807, 2.05) is 0 Å².